The van der Waals surface area contributed by atoms with Crippen LogP contribution in [-0.2, 0) is 0 Å². The maximum absolute atomic E-state index is 13.4. The highest BCUT2D eigenvalue weighted by Crippen LogP contribution is 2.33. The lowest BCUT2D eigenvalue weighted by molar-refractivity contribution is -0.384. The van der Waals surface area contributed by atoms with E-state index in [0.29, 0.717) is 12.8 Å². The number of halogens is 2. The Kier molecular flexibility index (Phi) is 3.46. The number of hydrogen-bond donors (Lipinski definition) is 0. The average molecular weight is 270 g/mol. The fourth-order valence-corrected chi connectivity index (χ4v) is 2.19. The van der Waals surface area contributed by atoms with Crippen LogP contribution in [0.3, 0.4) is 0 Å². The Morgan fingerprint density at radius 1 is 1.42 bits per heavy atom. The first kappa shape index (κ1) is 13.4. The molecule has 102 valence electrons. The van der Waals surface area contributed by atoms with Crippen molar-refractivity contribution in [2.24, 2.45) is 0 Å². The number of nitrogens with zero attached hydrogens (tertiary/aromatic N) is 2. The fourth-order valence-electron chi connectivity index (χ4n) is 2.19. The third-order valence-corrected chi connectivity index (χ3v) is 3.09. The van der Waals surface area contributed by atoms with Gasteiger partial charge >= 0.3 is 0 Å². The van der Waals surface area contributed by atoms with E-state index in [9.17, 15) is 23.7 Å². The van der Waals surface area contributed by atoms with Crippen molar-refractivity contribution >= 4 is 17.7 Å². The van der Waals surface area contributed by atoms with Crippen LogP contribution >= 0.6 is 0 Å². The maximum Gasteiger partial charge on any atom is 0.271 e. The molecule has 0 unspecified atom stereocenters. The Bertz CT molecular complexity index is 520. The van der Waals surface area contributed by atoms with E-state index in [4.69, 9.17) is 0 Å². The van der Waals surface area contributed by atoms with Gasteiger partial charge in [-0.05, 0) is 12.5 Å². The van der Waals surface area contributed by atoms with E-state index in [1.54, 1.807) is 0 Å². The summed E-state index contributed by atoms with van der Waals surface area (Å²) in [4.78, 5) is 22.4. The number of piperidine rings is 1. The molecule has 0 saturated carbocycles. The molecular weight excluding hydrogens is 258 g/mol. The number of rotatable bonds is 3. The van der Waals surface area contributed by atoms with Gasteiger partial charge in [0.1, 0.15) is 0 Å². The minimum Gasteiger partial charge on any atom is -0.365 e. The number of aldehydes is 1. The number of carbonyl (C=O) groups excluding carboxylic acids is 1. The minimum absolute atomic E-state index is 0.184. The SMILES string of the molecule is O=Cc1ccc([N+](=O)[O-])cc1N1CCCC(F)(F)C1. The lowest BCUT2D eigenvalue weighted by atomic mass is 10.0. The van der Waals surface area contributed by atoms with E-state index < -0.39 is 17.4 Å². The highest BCUT2D eigenvalue weighted by atomic mass is 19.3. The molecule has 1 aromatic carbocycles. The largest absolute Gasteiger partial charge is 0.365 e. The van der Waals surface area contributed by atoms with Crippen LogP contribution in [0.1, 0.15) is 23.2 Å². The zero-order chi connectivity index (χ0) is 14.0. The second kappa shape index (κ2) is 4.91. The molecule has 7 heteroatoms. The molecule has 1 aliphatic rings. The molecule has 1 aromatic rings. The summed E-state index contributed by atoms with van der Waals surface area (Å²) in [6.45, 7) is -0.160. The highest BCUT2D eigenvalue weighted by Gasteiger charge is 2.36. The number of anilines is 1. The monoisotopic (exact) mass is 270 g/mol. The third kappa shape index (κ3) is 2.86. The number of nitro benzene ring substituents is 1. The predicted molar refractivity (Wildman–Crippen MR) is 64.9 cm³/mol. The lowest BCUT2D eigenvalue weighted by Crippen LogP contribution is -2.43. The van der Waals surface area contributed by atoms with Crippen molar-refractivity contribution < 1.29 is 18.5 Å². The first-order valence-corrected chi connectivity index (χ1v) is 5.79. The zero-order valence-electron chi connectivity index (χ0n) is 10.0. The van der Waals surface area contributed by atoms with Crippen LogP contribution in [0.2, 0.25) is 0 Å². The molecule has 1 saturated heterocycles. The fraction of sp³-hybridized carbons (Fsp3) is 0.417. The van der Waals surface area contributed by atoms with E-state index in [0.717, 1.165) is 0 Å². The van der Waals surface area contributed by atoms with Gasteiger partial charge in [-0.25, -0.2) is 8.78 Å². The van der Waals surface area contributed by atoms with E-state index in [2.05, 4.69) is 0 Å². The first-order chi connectivity index (χ1) is 8.93. The molecule has 19 heavy (non-hydrogen) atoms. The molecular formula is C12H12F2N2O3. The minimum atomic E-state index is -2.83. The van der Waals surface area contributed by atoms with Gasteiger partial charge in [0.15, 0.2) is 6.29 Å². The summed E-state index contributed by atoms with van der Waals surface area (Å²) in [5.41, 5.74) is 0.168. The third-order valence-electron chi connectivity index (χ3n) is 3.09. The lowest BCUT2D eigenvalue weighted by Gasteiger charge is -2.34. The summed E-state index contributed by atoms with van der Waals surface area (Å²) in [6, 6.07) is 3.65. The molecule has 0 aliphatic carbocycles. The second-order valence-electron chi connectivity index (χ2n) is 4.50. The van der Waals surface area contributed by atoms with E-state index in [1.807, 2.05) is 0 Å². The van der Waals surface area contributed by atoms with E-state index in [-0.39, 0.29) is 29.8 Å². The normalized spacial score (nSPS) is 18.1. The second-order valence-corrected chi connectivity index (χ2v) is 4.50. The summed E-state index contributed by atoms with van der Waals surface area (Å²) >= 11 is 0. The smallest absolute Gasteiger partial charge is 0.271 e. The van der Waals surface area contributed by atoms with Gasteiger partial charge in [0, 0.05) is 30.7 Å². The summed E-state index contributed by atoms with van der Waals surface area (Å²) in [5, 5.41) is 10.7. The van der Waals surface area contributed by atoms with Crippen LogP contribution < -0.4 is 4.90 Å². The molecule has 0 bridgehead atoms. The Morgan fingerprint density at radius 2 is 2.16 bits per heavy atom. The van der Waals surface area contributed by atoms with Gasteiger partial charge in [0.05, 0.1) is 17.2 Å². The number of non-ortho nitro benzene ring substituents is 1. The molecule has 0 amide bonds. The van der Waals surface area contributed by atoms with Crippen molar-refractivity contribution in [2.75, 3.05) is 18.0 Å². The standard InChI is InChI=1S/C12H12F2N2O3/c13-12(14)4-1-5-15(8-12)11-6-10(16(18)19)3-2-9(11)7-17/h2-3,6-7H,1,4-5,8H2. The maximum atomic E-state index is 13.4. The summed E-state index contributed by atoms with van der Waals surface area (Å²) in [6.07, 6.45) is 0.606. The Morgan fingerprint density at radius 3 is 2.74 bits per heavy atom. The van der Waals surface area contributed by atoms with Crippen LogP contribution in [0.15, 0.2) is 18.2 Å². The molecule has 0 radical (unpaired) electrons. The summed E-state index contributed by atoms with van der Waals surface area (Å²) < 4.78 is 26.7. The van der Waals surface area contributed by atoms with Crippen LogP contribution in [0, 0.1) is 10.1 Å². The van der Waals surface area contributed by atoms with Crippen LogP contribution in [0.5, 0.6) is 0 Å². The number of hydrogen-bond acceptors (Lipinski definition) is 4. The van der Waals surface area contributed by atoms with Crippen LogP contribution in [0.4, 0.5) is 20.2 Å². The van der Waals surface area contributed by atoms with Gasteiger partial charge in [-0.3, -0.25) is 14.9 Å². The van der Waals surface area contributed by atoms with E-state index >= 15 is 0 Å². The molecule has 2 rings (SSSR count). The molecule has 0 spiro atoms. The molecule has 0 N–H and O–H groups in total. The Labute approximate surface area is 108 Å². The van der Waals surface area contributed by atoms with Crippen LogP contribution in [0.25, 0.3) is 0 Å². The molecule has 0 aromatic heterocycles. The number of alkyl halides is 2. The molecule has 0 atom stereocenters. The predicted octanol–water partition coefficient (Wildman–Crippen LogP) is 2.64. The highest BCUT2D eigenvalue weighted by molar-refractivity contribution is 5.85. The van der Waals surface area contributed by atoms with Crippen molar-refractivity contribution in [3.63, 3.8) is 0 Å². The van der Waals surface area contributed by atoms with Crippen molar-refractivity contribution in [2.45, 2.75) is 18.8 Å². The Hall–Kier alpha value is -2.05. The van der Waals surface area contributed by atoms with E-state index in [1.165, 1.54) is 23.1 Å². The zero-order valence-corrected chi connectivity index (χ0v) is 10.0. The quantitative estimate of drug-likeness (QED) is 0.481. The number of nitro groups is 1. The van der Waals surface area contributed by atoms with Crippen LogP contribution in [-0.4, -0.2) is 30.2 Å². The Balaban J connectivity index is 2.39. The van der Waals surface area contributed by atoms with Crippen molar-refractivity contribution in [3.05, 3.63) is 33.9 Å². The van der Waals surface area contributed by atoms with Crippen molar-refractivity contribution in [1.29, 1.82) is 0 Å². The van der Waals surface area contributed by atoms with Gasteiger partial charge in [0.25, 0.3) is 11.6 Å². The summed E-state index contributed by atoms with van der Waals surface area (Å²) in [7, 11) is 0. The van der Waals surface area contributed by atoms with Gasteiger partial charge in [0.2, 0.25) is 0 Å². The topological polar surface area (TPSA) is 63.4 Å². The molecule has 1 fully saturated rings. The van der Waals surface area contributed by atoms with Crippen molar-refractivity contribution in [3.8, 4) is 0 Å². The molecule has 1 aliphatic heterocycles. The van der Waals surface area contributed by atoms with Crippen molar-refractivity contribution in [1.82, 2.24) is 0 Å². The van der Waals surface area contributed by atoms with Gasteiger partial charge in [-0.2, -0.15) is 0 Å². The number of benzene rings is 1. The molecule has 1 heterocycles. The average Bonchev–Trinajstić information content (AvgIpc) is 2.36. The summed E-state index contributed by atoms with van der Waals surface area (Å²) in [5.74, 6) is -2.83. The number of carbonyl (C=O) groups is 1. The van der Waals surface area contributed by atoms with Gasteiger partial charge < -0.3 is 4.90 Å². The van der Waals surface area contributed by atoms with Gasteiger partial charge in [-0.1, -0.05) is 0 Å². The first-order valence-electron chi connectivity index (χ1n) is 5.79. The molecule has 5 nitrogen and oxygen atoms in total. The van der Waals surface area contributed by atoms with Gasteiger partial charge in [-0.15, -0.1) is 0 Å².